The van der Waals surface area contributed by atoms with Crippen molar-refractivity contribution in [2.24, 2.45) is 0 Å². The van der Waals surface area contributed by atoms with Gasteiger partial charge >= 0.3 is 12.1 Å². The summed E-state index contributed by atoms with van der Waals surface area (Å²) < 4.78 is 21.8. The van der Waals surface area contributed by atoms with E-state index in [1.165, 1.54) is 14.2 Å². The molecule has 0 saturated heterocycles. The van der Waals surface area contributed by atoms with Crippen LogP contribution in [0.5, 0.6) is 5.88 Å². The molecule has 2 heterocycles. The molecule has 1 N–H and O–H groups in total. The Kier molecular flexibility index (Phi) is 8.15. The van der Waals surface area contributed by atoms with Crippen LogP contribution in [0.4, 0.5) is 10.5 Å². The van der Waals surface area contributed by atoms with Crippen LogP contribution in [0.15, 0.2) is 54.6 Å². The molecule has 0 aliphatic carbocycles. The molecule has 0 unspecified atom stereocenters. The molecule has 194 valence electrons. The van der Waals surface area contributed by atoms with Crippen molar-refractivity contribution >= 4 is 28.8 Å². The number of fused-ring (bicyclic) bond motifs is 1. The highest BCUT2D eigenvalue weighted by Gasteiger charge is 2.17. The topological polar surface area (TPSA) is 138 Å². The van der Waals surface area contributed by atoms with E-state index in [4.69, 9.17) is 29.2 Å². The first kappa shape index (κ1) is 26.1. The van der Waals surface area contributed by atoms with Crippen LogP contribution in [-0.2, 0) is 27.2 Å². The fourth-order valence-corrected chi connectivity index (χ4v) is 4.00. The van der Waals surface area contributed by atoms with Crippen molar-refractivity contribution in [2.75, 3.05) is 33.3 Å². The predicted octanol–water partition coefficient (Wildman–Crippen LogP) is 4.16. The number of carbonyl (C=O) groups excluding carboxylic acids is 2. The lowest BCUT2D eigenvalue weighted by Crippen LogP contribution is -2.14. The third kappa shape index (κ3) is 5.71. The van der Waals surface area contributed by atoms with Crippen molar-refractivity contribution in [1.82, 2.24) is 14.5 Å². The van der Waals surface area contributed by atoms with Crippen molar-refractivity contribution in [2.45, 2.75) is 13.0 Å². The van der Waals surface area contributed by atoms with Crippen LogP contribution in [0.25, 0.3) is 22.3 Å². The normalized spacial score (nSPS) is 10.6. The average Bonchev–Trinajstić information content (AvgIpc) is 3.28. The number of pyridine rings is 1. The van der Waals surface area contributed by atoms with Gasteiger partial charge in [-0.15, -0.1) is 5.26 Å². The summed E-state index contributed by atoms with van der Waals surface area (Å²) in [6.45, 7) is 0.931. The number of nitrogens with one attached hydrogen (secondary N) is 1. The van der Waals surface area contributed by atoms with Gasteiger partial charge in [0.25, 0.3) is 6.26 Å². The zero-order chi connectivity index (χ0) is 27.1. The number of rotatable bonds is 9. The van der Waals surface area contributed by atoms with Gasteiger partial charge in [0.2, 0.25) is 5.88 Å². The number of carbonyl (C=O) groups is 2. The van der Waals surface area contributed by atoms with E-state index in [2.05, 4.69) is 10.3 Å². The van der Waals surface area contributed by atoms with Gasteiger partial charge in [0, 0.05) is 37.4 Å². The largest absolute Gasteiger partial charge is 0.465 e. The Balaban J connectivity index is 1.77. The van der Waals surface area contributed by atoms with Gasteiger partial charge in [-0.05, 0) is 35.9 Å². The first-order valence-electron chi connectivity index (χ1n) is 11.5. The van der Waals surface area contributed by atoms with Crippen LogP contribution in [0, 0.1) is 11.5 Å². The molecule has 0 radical (unpaired) electrons. The van der Waals surface area contributed by atoms with Crippen LogP contribution < -0.4 is 10.1 Å². The van der Waals surface area contributed by atoms with Crippen LogP contribution >= 0.6 is 0 Å². The van der Waals surface area contributed by atoms with E-state index in [9.17, 15) is 9.59 Å². The molecule has 0 spiro atoms. The minimum absolute atomic E-state index is 0.162. The van der Waals surface area contributed by atoms with E-state index >= 15 is 0 Å². The maximum absolute atomic E-state index is 12.2. The molecule has 0 bridgehead atoms. The van der Waals surface area contributed by atoms with Crippen LogP contribution in [0.1, 0.15) is 21.7 Å². The Labute approximate surface area is 218 Å². The molecule has 0 saturated carbocycles. The third-order valence-electron chi connectivity index (χ3n) is 5.82. The maximum atomic E-state index is 12.2. The van der Waals surface area contributed by atoms with Crippen molar-refractivity contribution in [1.29, 1.82) is 5.26 Å². The number of hydrogen-bond donors (Lipinski definition) is 1. The van der Waals surface area contributed by atoms with E-state index in [1.807, 2.05) is 16.7 Å². The Hall–Kier alpha value is -4.95. The molecular formula is C27H25N5O6. The van der Waals surface area contributed by atoms with Gasteiger partial charge in [0.1, 0.15) is 5.82 Å². The number of benzene rings is 2. The molecule has 0 aliphatic heterocycles. The van der Waals surface area contributed by atoms with Gasteiger partial charge in [-0.25, -0.2) is 19.6 Å². The summed E-state index contributed by atoms with van der Waals surface area (Å²) in [6.07, 6.45) is 1.33. The summed E-state index contributed by atoms with van der Waals surface area (Å²) in [5, 5.41) is 11.6. The lowest BCUT2D eigenvalue weighted by atomic mass is 10.0. The van der Waals surface area contributed by atoms with Crippen LogP contribution in [0.2, 0.25) is 0 Å². The average molecular weight is 516 g/mol. The molecular weight excluding hydrogens is 490 g/mol. The monoisotopic (exact) mass is 515 g/mol. The van der Waals surface area contributed by atoms with Gasteiger partial charge in [0.15, 0.2) is 0 Å². The van der Waals surface area contributed by atoms with Gasteiger partial charge in [-0.1, -0.05) is 18.2 Å². The molecule has 11 nitrogen and oxygen atoms in total. The van der Waals surface area contributed by atoms with E-state index in [0.29, 0.717) is 53.4 Å². The zero-order valence-corrected chi connectivity index (χ0v) is 21.1. The number of amides is 1. The lowest BCUT2D eigenvalue weighted by molar-refractivity contribution is 0.0601. The molecule has 0 fully saturated rings. The minimum Gasteiger partial charge on any atom is -0.465 e. The van der Waals surface area contributed by atoms with Crippen molar-refractivity contribution in [3.63, 3.8) is 0 Å². The summed E-state index contributed by atoms with van der Waals surface area (Å²) in [6, 6.07) is 15.7. The summed E-state index contributed by atoms with van der Waals surface area (Å²) in [4.78, 5) is 33.4. The number of nitriles is 1. The molecule has 38 heavy (non-hydrogen) atoms. The fourth-order valence-electron chi connectivity index (χ4n) is 4.00. The van der Waals surface area contributed by atoms with Gasteiger partial charge in [-0.3, -0.25) is 5.32 Å². The number of anilines is 1. The van der Waals surface area contributed by atoms with Crippen molar-refractivity contribution in [3.05, 3.63) is 71.5 Å². The highest BCUT2D eigenvalue weighted by atomic mass is 16.5. The summed E-state index contributed by atoms with van der Waals surface area (Å²) in [5.74, 6) is 0.433. The molecule has 0 aliphatic rings. The SMILES string of the molecule is COCCn1c(Cc2ccc(-c3cccc(OC#N)n3)cc2NC(=O)OC)nc2ccc(C(=O)OC)cc21. The Morgan fingerprint density at radius 3 is 2.61 bits per heavy atom. The standard InChI is InChI=1S/C27H25N5O6/c1-35-12-11-32-23-14-19(26(33)36-2)9-10-21(23)29-24(32)15-18-8-7-17(13-22(18)31-27(34)37-3)20-5-4-6-25(30-20)38-16-28/h4-10,13-14H,11-12,15H2,1-3H3,(H,31,34). The summed E-state index contributed by atoms with van der Waals surface area (Å²) in [5.41, 5.74) is 4.41. The van der Waals surface area contributed by atoms with Crippen LogP contribution in [0.3, 0.4) is 0 Å². The van der Waals surface area contributed by atoms with Gasteiger partial charge in [-0.2, -0.15) is 0 Å². The summed E-state index contributed by atoms with van der Waals surface area (Å²) in [7, 11) is 4.23. The van der Waals surface area contributed by atoms with E-state index in [1.54, 1.807) is 55.8 Å². The number of imidazole rings is 1. The maximum Gasteiger partial charge on any atom is 0.411 e. The number of methoxy groups -OCH3 is 3. The highest BCUT2D eigenvalue weighted by Crippen LogP contribution is 2.29. The quantitative estimate of drug-likeness (QED) is 0.257. The smallest absolute Gasteiger partial charge is 0.411 e. The Morgan fingerprint density at radius 2 is 1.87 bits per heavy atom. The number of nitrogens with zero attached hydrogens (tertiary/aromatic N) is 4. The second-order valence-corrected chi connectivity index (χ2v) is 8.09. The van der Waals surface area contributed by atoms with Gasteiger partial charge in [0.05, 0.1) is 43.1 Å². The minimum atomic E-state index is -0.631. The van der Waals surface area contributed by atoms with E-state index in [-0.39, 0.29) is 5.88 Å². The Bertz CT molecular complexity index is 1520. The van der Waals surface area contributed by atoms with Gasteiger partial charge < -0.3 is 23.5 Å². The number of aromatic nitrogens is 3. The van der Waals surface area contributed by atoms with E-state index in [0.717, 1.165) is 11.1 Å². The molecule has 11 heteroatoms. The number of ether oxygens (including phenoxy) is 4. The molecule has 0 atom stereocenters. The first-order chi connectivity index (χ1) is 18.5. The zero-order valence-electron chi connectivity index (χ0n) is 21.1. The van der Waals surface area contributed by atoms with Crippen molar-refractivity contribution < 1.29 is 28.5 Å². The third-order valence-corrected chi connectivity index (χ3v) is 5.82. The Morgan fingerprint density at radius 1 is 1.03 bits per heavy atom. The predicted molar refractivity (Wildman–Crippen MR) is 138 cm³/mol. The summed E-state index contributed by atoms with van der Waals surface area (Å²) >= 11 is 0. The van der Waals surface area contributed by atoms with Crippen LogP contribution in [-0.4, -0.2) is 54.5 Å². The lowest BCUT2D eigenvalue weighted by Gasteiger charge is -2.14. The second-order valence-electron chi connectivity index (χ2n) is 8.09. The van der Waals surface area contributed by atoms with E-state index < -0.39 is 12.1 Å². The van der Waals surface area contributed by atoms with Crippen molar-refractivity contribution in [3.8, 4) is 23.4 Å². The number of esters is 1. The molecule has 1 amide bonds. The molecule has 2 aromatic heterocycles. The highest BCUT2D eigenvalue weighted by molar-refractivity contribution is 5.94. The molecule has 2 aromatic carbocycles. The fraction of sp³-hybridized carbons (Fsp3) is 0.222. The molecule has 4 rings (SSSR count). The molecule has 4 aromatic rings. The first-order valence-corrected chi connectivity index (χ1v) is 11.5. The second kappa shape index (κ2) is 11.9. The number of hydrogen-bond acceptors (Lipinski definition) is 9.